The number of thiophene rings is 1. The Morgan fingerprint density at radius 2 is 1.94 bits per heavy atom. The van der Waals surface area contributed by atoms with Crippen molar-refractivity contribution in [3.63, 3.8) is 0 Å². The number of amides is 1. The van der Waals surface area contributed by atoms with E-state index in [1.165, 1.54) is 28.7 Å². The zero-order valence-corrected chi connectivity index (χ0v) is 20.7. The minimum atomic E-state index is -0.370. The van der Waals surface area contributed by atoms with Gasteiger partial charge in [0.2, 0.25) is 0 Å². The van der Waals surface area contributed by atoms with Crippen LogP contribution in [0.4, 0.5) is 0 Å². The van der Waals surface area contributed by atoms with Crippen LogP contribution < -0.4 is 11.0 Å². The summed E-state index contributed by atoms with van der Waals surface area (Å²) in [6, 6.07) is 14.0. The third-order valence-corrected chi connectivity index (χ3v) is 7.76. The lowest BCUT2D eigenvalue weighted by Gasteiger charge is -2.10. The van der Waals surface area contributed by atoms with Crippen molar-refractivity contribution in [2.24, 2.45) is 4.99 Å². The number of carbonyl (C=O) groups excluding carboxylic acids is 1. The number of aromatic nitrogens is 3. The van der Waals surface area contributed by atoms with Gasteiger partial charge in [-0.3, -0.25) is 9.59 Å². The number of carbonyl (C=O) groups is 1. The molecule has 6 nitrogen and oxygen atoms in total. The van der Waals surface area contributed by atoms with Gasteiger partial charge in [0, 0.05) is 17.6 Å². The van der Waals surface area contributed by atoms with Crippen molar-refractivity contribution in [3.8, 4) is 0 Å². The fourth-order valence-electron chi connectivity index (χ4n) is 3.44. The average Bonchev–Trinajstić information content (AvgIpc) is 3.08. The summed E-state index contributed by atoms with van der Waals surface area (Å²) in [6.45, 7) is 8.46. The molecule has 33 heavy (non-hydrogen) atoms. The molecule has 4 rings (SSSR count). The van der Waals surface area contributed by atoms with Crippen molar-refractivity contribution in [3.05, 3.63) is 91.9 Å². The second kappa shape index (κ2) is 9.89. The van der Waals surface area contributed by atoms with E-state index in [0.29, 0.717) is 29.0 Å². The molecule has 1 aromatic carbocycles. The number of pyridine rings is 1. The van der Waals surface area contributed by atoms with Crippen LogP contribution in [-0.2, 0) is 17.1 Å². The van der Waals surface area contributed by atoms with Gasteiger partial charge in [0.25, 0.3) is 11.5 Å². The monoisotopic (exact) mass is 478 g/mol. The summed E-state index contributed by atoms with van der Waals surface area (Å²) in [4.78, 5) is 39.0. The fraction of sp³-hybridized carbons (Fsp3) is 0.280. The highest BCUT2D eigenvalue weighted by atomic mass is 32.2. The molecule has 0 aliphatic carbocycles. The molecule has 8 heteroatoms. The zero-order chi connectivity index (χ0) is 23.5. The second-order valence-corrected chi connectivity index (χ2v) is 10.6. The summed E-state index contributed by atoms with van der Waals surface area (Å²) >= 11 is 2.94. The quantitative estimate of drug-likeness (QED) is 0.442. The first kappa shape index (κ1) is 23.2. The highest BCUT2D eigenvalue weighted by Crippen LogP contribution is 2.26. The van der Waals surface area contributed by atoms with E-state index >= 15 is 0 Å². The summed E-state index contributed by atoms with van der Waals surface area (Å²) < 4.78 is 1.97. The molecule has 1 amide bonds. The summed E-state index contributed by atoms with van der Waals surface area (Å²) in [6.07, 6.45) is 1.93. The summed E-state index contributed by atoms with van der Waals surface area (Å²) in [5.74, 6) is 0.796. The van der Waals surface area contributed by atoms with E-state index in [-0.39, 0.29) is 16.7 Å². The number of nitrogens with zero attached hydrogens (tertiary/aromatic N) is 3. The number of hydrogen-bond donors (Lipinski definition) is 1. The van der Waals surface area contributed by atoms with Crippen molar-refractivity contribution in [2.45, 2.75) is 45.2 Å². The number of rotatable bonds is 6. The maximum Gasteiger partial charge on any atom is 0.260 e. The third-order valence-electron chi connectivity index (χ3n) is 5.52. The van der Waals surface area contributed by atoms with E-state index in [0.717, 1.165) is 20.8 Å². The van der Waals surface area contributed by atoms with Crippen molar-refractivity contribution in [1.82, 2.24) is 14.5 Å². The number of nitrogens with one attached hydrogen (secondary N) is 1. The molecule has 1 N–H and O–H groups in total. The minimum absolute atomic E-state index is 0.123. The molecule has 3 aromatic heterocycles. The van der Waals surface area contributed by atoms with Crippen LogP contribution in [0.15, 0.2) is 58.4 Å². The van der Waals surface area contributed by atoms with Gasteiger partial charge in [-0.2, -0.15) is 4.99 Å². The van der Waals surface area contributed by atoms with E-state index in [1.54, 1.807) is 0 Å². The Kier molecular flexibility index (Phi) is 6.95. The van der Waals surface area contributed by atoms with Gasteiger partial charge in [0.1, 0.15) is 16.1 Å². The maximum atomic E-state index is 12.8. The Hall–Kier alpha value is -2.97. The lowest BCUT2D eigenvalue weighted by molar-refractivity contribution is -0.117. The van der Waals surface area contributed by atoms with Crippen molar-refractivity contribution in [2.75, 3.05) is 0 Å². The molecule has 0 saturated carbocycles. The molecule has 1 atom stereocenters. The van der Waals surface area contributed by atoms with E-state index in [9.17, 15) is 9.59 Å². The SMILES string of the molecule is Cc1ccc(Cn2ccccc2=NC(=O)C(C)SCc2nc3sc(C)c(C)c3c(=O)[nH]2)cc1. The molecule has 4 aromatic rings. The van der Waals surface area contributed by atoms with Gasteiger partial charge in [0.15, 0.2) is 0 Å². The zero-order valence-electron chi connectivity index (χ0n) is 19.1. The van der Waals surface area contributed by atoms with Crippen LogP contribution >= 0.6 is 23.1 Å². The molecule has 0 spiro atoms. The van der Waals surface area contributed by atoms with E-state index in [4.69, 9.17) is 0 Å². The van der Waals surface area contributed by atoms with Crippen LogP contribution in [0.5, 0.6) is 0 Å². The normalized spacial score (nSPS) is 12.9. The van der Waals surface area contributed by atoms with Crippen molar-refractivity contribution >= 4 is 39.2 Å². The largest absolute Gasteiger partial charge is 0.328 e. The predicted octanol–water partition coefficient (Wildman–Crippen LogP) is 4.51. The summed E-state index contributed by atoms with van der Waals surface area (Å²) in [5.41, 5.74) is 3.83. The number of thioether (sulfide) groups is 1. The molecule has 0 fully saturated rings. The van der Waals surface area contributed by atoms with E-state index in [1.807, 2.05) is 49.7 Å². The average molecular weight is 479 g/mol. The first-order valence-electron chi connectivity index (χ1n) is 10.7. The first-order chi connectivity index (χ1) is 15.8. The predicted molar refractivity (Wildman–Crippen MR) is 136 cm³/mol. The Balaban J connectivity index is 1.48. The lowest BCUT2D eigenvalue weighted by atomic mass is 10.1. The van der Waals surface area contributed by atoms with E-state index < -0.39 is 0 Å². The molecule has 170 valence electrons. The number of H-pyrrole nitrogens is 1. The van der Waals surface area contributed by atoms with Crippen LogP contribution in [-0.4, -0.2) is 25.7 Å². The van der Waals surface area contributed by atoms with Gasteiger partial charge in [-0.05, 0) is 51.0 Å². The third kappa shape index (κ3) is 5.34. The van der Waals surface area contributed by atoms with Crippen LogP contribution in [0.3, 0.4) is 0 Å². The number of aromatic amines is 1. The number of fused-ring (bicyclic) bond motifs is 1. The number of hydrogen-bond acceptors (Lipinski definition) is 5. The Bertz CT molecular complexity index is 1430. The molecule has 3 heterocycles. The molecule has 0 aliphatic rings. The summed E-state index contributed by atoms with van der Waals surface area (Å²) in [5, 5.41) is 0.290. The minimum Gasteiger partial charge on any atom is -0.328 e. The number of aryl methyl sites for hydroxylation is 3. The van der Waals surface area contributed by atoms with Gasteiger partial charge in [0.05, 0.1) is 16.4 Å². The van der Waals surface area contributed by atoms with Crippen LogP contribution in [0.1, 0.15) is 34.3 Å². The second-order valence-electron chi connectivity index (χ2n) is 8.05. The fourth-order valence-corrected chi connectivity index (χ4v) is 5.23. The van der Waals surface area contributed by atoms with Crippen LogP contribution in [0.2, 0.25) is 0 Å². The Morgan fingerprint density at radius 1 is 1.18 bits per heavy atom. The van der Waals surface area contributed by atoms with E-state index in [2.05, 4.69) is 46.1 Å². The van der Waals surface area contributed by atoms with Crippen molar-refractivity contribution in [1.29, 1.82) is 0 Å². The topological polar surface area (TPSA) is 80.1 Å². The first-order valence-corrected chi connectivity index (χ1v) is 12.6. The molecule has 0 aliphatic heterocycles. The Labute approximate surface area is 200 Å². The molecular formula is C25H26N4O2S2. The molecular weight excluding hydrogens is 452 g/mol. The maximum absolute atomic E-state index is 12.8. The summed E-state index contributed by atoms with van der Waals surface area (Å²) in [7, 11) is 0. The molecule has 0 saturated heterocycles. The number of benzene rings is 1. The molecule has 1 unspecified atom stereocenters. The smallest absolute Gasteiger partial charge is 0.260 e. The van der Waals surface area contributed by atoms with Crippen LogP contribution in [0, 0.1) is 20.8 Å². The van der Waals surface area contributed by atoms with Crippen LogP contribution in [0.25, 0.3) is 10.2 Å². The molecule has 0 radical (unpaired) electrons. The van der Waals surface area contributed by atoms with Gasteiger partial charge < -0.3 is 9.55 Å². The van der Waals surface area contributed by atoms with Gasteiger partial charge in [-0.15, -0.1) is 23.1 Å². The van der Waals surface area contributed by atoms with Gasteiger partial charge in [-0.25, -0.2) is 4.98 Å². The lowest BCUT2D eigenvalue weighted by Crippen LogP contribution is -2.24. The Morgan fingerprint density at radius 3 is 2.70 bits per heavy atom. The van der Waals surface area contributed by atoms with Gasteiger partial charge >= 0.3 is 0 Å². The van der Waals surface area contributed by atoms with Gasteiger partial charge in [-0.1, -0.05) is 35.9 Å². The highest BCUT2D eigenvalue weighted by Gasteiger charge is 2.16. The highest BCUT2D eigenvalue weighted by molar-refractivity contribution is 7.99. The standard InChI is InChI=1S/C25H26N4O2S2/c1-15-8-10-19(11-9-15)13-29-12-6-5-7-21(29)28-23(30)18(4)32-14-20-26-24(31)22-16(2)17(3)33-25(22)27-20/h5-12,18H,13-14H2,1-4H3,(H,26,27,31). The molecule has 0 bridgehead atoms. The van der Waals surface area contributed by atoms with Crippen molar-refractivity contribution < 1.29 is 4.79 Å².